The Balaban J connectivity index is 1.78. The average Bonchev–Trinajstić information content (AvgIpc) is 3.34. The van der Waals surface area contributed by atoms with E-state index in [0.29, 0.717) is 12.8 Å². The Morgan fingerprint density at radius 2 is 1.94 bits per heavy atom. The third-order valence-corrected chi connectivity index (χ3v) is 10.2. The van der Waals surface area contributed by atoms with E-state index in [-0.39, 0.29) is 34.4 Å². The molecule has 1 aromatic carbocycles. The average molecular weight is 539 g/mol. The molecule has 2 bridgehead atoms. The molecule has 7 nitrogen and oxygen atoms in total. The minimum absolute atomic E-state index is 0.0282. The number of alkyl halides is 1. The third-order valence-electron chi connectivity index (χ3n) is 6.94. The van der Waals surface area contributed by atoms with E-state index in [4.69, 9.17) is 0 Å². The second-order valence-electron chi connectivity index (χ2n) is 10.3. The van der Waals surface area contributed by atoms with E-state index in [1.54, 1.807) is 23.7 Å². The number of aliphatic hydroxyl groups is 1. The minimum atomic E-state index is -0.764. The summed E-state index contributed by atoms with van der Waals surface area (Å²) in [4.78, 5) is 42.3. The molecule has 9 heteroatoms. The van der Waals surface area contributed by atoms with Crippen LogP contribution in [0.5, 0.6) is 0 Å². The summed E-state index contributed by atoms with van der Waals surface area (Å²) in [7, 11) is 1.59. The summed E-state index contributed by atoms with van der Waals surface area (Å²) < 4.78 is -0.716. The van der Waals surface area contributed by atoms with Gasteiger partial charge < -0.3 is 20.6 Å². The smallest absolute Gasteiger partial charge is 0.244 e. The van der Waals surface area contributed by atoms with E-state index in [0.717, 1.165) is 5.56 Å². The van der Waals surface area contributed by atoms with Gasteiger partial charge in [0.05, 0.1) is 29.2 Å². The zero-order valence-electron chi connectivity index (χ0n) is 19.4. The molecule has 4 rings (SSSR count). The van der Waals surface area contributed by atoms with Crippen LogP contribution in [0.3, 0.4) is 0 Å². The van der Waals surface area contributed by atoms with Gasteiger partial charge in [0.25, 0.3) is 0 Å². The van der Waals surface area contributed by atoms with Crippen LogP contribution in [0.25, 0.3) is 0 Å². The van der Waals surface area contributed by atoms with Crippen molar-refractivity contribution in [3.05, 3.63) is 35.9 Å². The number of thioether (sulfide) groups is 1. The Kier molecular flexibility index (Phi) is 6.61. The molecule has 3 N–H and O–H groups in total. The normalized spacial score (nSPS) is 33.7. The maximum Gasteiger partial charge on any atom is 0.244 e. The number of carbonyl (C=O) groups excluding carboxylic acids is 3. The van der Waals surface area contributed by atoms with Gasteiger partial charge in [0.2, 0.25) is 17.7 Å². The zero-order valence-corrected chi connectivity index (χ0v) is 21.8. The lowest BCUT2D eigenvalue weighted by Gasteiger charge is -2.39. The van der Waals surface area contributed by atoms with Gasteiger partial charge in [0.1, 0.15) is 6.04 Å². The van der Waals surface area contributed by atoms with Gasteiger partial charge in [0, 0.05) is 22.7 Å². The number of fused-ring (bicyclic) bond motifs is 1. The summed E-state index contributed by atoms with van der Waals surface area (Å²) in [5, 5.41) is 16.1. The lowest BCUT2D eigenvalue weighted by atomic mass is 9.70. The van der Waals surface area contributed by atoms with Crippen LogP contribution in [0.15, 0.2) is 30.3 Å². The molecule has 3 saturated heterocycles. The molecule has 3 amide bonds. The van der Waals surface area contributed by atoms with Crippen molar-refractivity contribution >= 4 is 45.4 Å². The first-order chi connectivity index (χ1) is 15.5. The van der Waals surface area contributed by atoms with Crippen LogP contribution in [-0.4, -0.2) is 73.8 Å². The van der Waals surface area contributed by atoms with Crippen molar-refractivity contribution in [3.63, 3.8) is 0 Å². The topological polar surface area (TPSA) is 98.7 Å². The number of benzene rings is 1. The van der Waals surface area contributed by atoms with Crippen LogP contribution < -0.4 is 10.6 Å². The number of nitrogens with zero attached hydrogens (tertiary/aromatic N) is 1. The molecule has 0 radical (unpaired) electrons. The maximum atomic E-state index is 14.0. The number of hydrogen-bond donors (Lipinski definition) is 3. The summed E-state index contributed by atoms with van der Waals surface area (Å²) >= 11 is 5.34. The van der Waals surface area contributed by atoms with Crippen molar-refractivity contribution in [3.8, 4) is 0 Å². The van der Waals surface area contributed by atoms with Crippen molar-refractivity contribution in [2.75, 3.05) is 13.7 Å². The van der Waals surface area contributed by atoms with E-state index in [1.807, 2.05) is 51.1 Å². The van der Waals surface area contributed by atoms with Gasteiger partial charge in [-0.15, -0.1) is 11.8 Å². The first-order valence-electron chi connectivity index (χ1n) is 11.4. The molecular formula is C24H32BrN3O4S. The van der Waals surface area contributed by atoms with Crippen LogP contribution in [0.4, 0.5) is 0 Å². The fourth-order valence-corrected chi connectivity index (χ4v) is 9.40. The zero-order chi connectivity index (χ0) is 24.1. The predicted molar refractivity (Wildman–Crippen MR) is 132 cm³/mol. The number of aliphatic hydroxyl groups excluding tert-OH is 1. The molecule has 3 aliphatic heterocycles. The van der Waals surface area contributed by atoms with Gasteiger partial charge >= 0.3 is 0 Å². The van der Waals surface area contributed by atoms with Crippen LogP contribution in [0.2, 0.25) is 0 Å². The molecule has 1 aromatic rings. The fraction of sp³-hybridized carbons (Fsp3) is 0.625. The number of halogens is 1. The number of carbonyl (C=O) groups is 3. The number of nitrogens with one attached hydrogen (secondary N) is 2. The lowest BCUT2D eigenvalue weighted by molar-refractivity contribution is -0.143. The summed E-state index contributed by atoms with van der Waals surface area (Å²) in [6, 6.07) is 8.33. The quantitative estimate of drug-likeness (QED) is 0.480. The highest BCUT2D eigenvalue weighted by Gasteiger charge is 2.76. The van der Waals surface area contributed by atoms with E-state index >= 15 is 0 Å². The number of rotatable bonds is 6. The van der Waals surface area contributed by atoms with Crippen LogP contribution in [0, 0.1) is 11.8 Å². The van der Waals surface area contributed by atoms with E-state index in [9.17, 15) is 19.5 Å². The molecular weight excluding hydrogens is 506 g/mol. The van der Waals surface area contributed by atoms with Gasteiger partial charge in [-0.05, 0) is 39.2 Å². The van der Waals surface area contributed by atoms with Crippen molar-refractivity contribution < 1.29 is 19.5 Å². The number of hydrogen-bond acceptors (Lipinski definition) is 5. The first-order valence-corrected chi connectivity index (χ1v) is 13.2. The van der Waals surface area contributed by atoms with Gasteiger partial charge in [-0.2, -0.15) is 0 Å². The van der Waals surface area contributed by atoms with Crippen molar-refractivity contribution in [1.29, 1.82) is 0 Å². The Morgan fingerprint density at radius 1 is 1.27 bits per heavy atom. The SMILES string of the molecule is CNC(=O)[C@H]1[C@H]2C(=O)N([C@@H](CO)Cc3ccccc3)C(C(=O)NC(C)(C)C)C23CC(Br)[C@@H]1S3. The molecule has 0 aromatic heterocycles. The van der Waals surface area contributed by atoms with Gasteiger partial charge in [-0.25, -0.2) is 0 Å². The lowest BCUT2D eigenvalue weighted by Crippen LogP contribution is -2.59. The molecule has 0 aliphatic carbocycles. The molecule has 1 spiro atoms. The number of likely N-dealkylation sites (tertiary alicyclic amines) is 1. The van der Waals surface area contributed by atoms with E-state index in [1.165, 1.54) is 0 Å². The molecule has 3 fully saturated rings. The van der Waals surface area contributed by atoms with Gasteiger partial charge in [0.15, 0.2) is 0 Å². The third kappa shape index (κ3) is 4.10. The van der Waals surface area contributed by atoms with Crippen LogP contribution in [-0.2, 0) is 20.8 Å². The van der Waals surface area contributed by atoms with Crippen molar-refractivity contribution in [2.24, 2.45) is 11.8 Å². The molecule has 33 heavy (non-hydrogen) atoms. The molecule has 7 atom stereocenters. The Hall–Kier alpha value is -1.58. The van der Waals surface area contributed by atoms with Gasteiger partial charge in [-0.1, -0.05) is 46.3 Å². The second-order valence-corrected chi connectivity index (χ2v) is 13.0. The standard InChI is InChI=1S/C24H32BrN3O4S/c1-23(2,3)27-21(31)19-24-11-15(25)18(33-24)16(20(30)26-4)17(24)22(32)28(19)14(12-29)10-13-8-6-5-7-9-13/h5-9,14-19,29H,10-12H2,1-4H3,(H,26,30)(H,27,31)/t14-,15?,16+,17+,18+,19?,24?/m1/s1. The largest absolute Gasteiger partial charge is 0.394 e. The summed E-state index contributed by atoms with van der Waals surface area (Å²) in [5.41, 5.74) is 0.497. The highest BCUT2D eigenvalue weighted by Crippen LogP contribution is 2.68. The van der Waals surface area contributed by atoms with Gasteiger partial charge in [-0.3, -0.25) is 14.4 Å². The number of amides is 3. The van der Waals surface area contributed by atoms with Crippen LogP contribution >= 0.6 is 27.7 Å². The first kappa shape index (κ1) is 24.5. The maximum absolute atomic E-state index is 14.0. The van der Waals surface area contributed by atoms with Crippen molar-refractivity contribution in [1.82, 2.24) is 15.5 Å². The molecule has 0 saturated carbocycles. The second kappa shape index (κ2) is 8.89. The Labute approximate surface area is 207 Å². The molecule has 3 aliphatic rings. The Bertz CT molecular complexity index is 939. The summed E-state index contributed by atoms with van der Waals surface area (Å²) in [5.74, 6) is -1.71. The minimum Gasteiger partial charge on any atom is -0.394 e. The summed E-state index contributed by atoms with van der Waals surface area (Å²) in [6.45, 7) is 5.47. The molecule has 180 valence electrons. The molecule has 3 unspecified atom stereocenters. The van der Waals surface area contributed by atoms with Crippen LogP contribution in [0.1, 0.15) is 32.8 Å². The predicted octanol–water partition coefficient (Wildman–Crippen LogP) is 1.72. The summed E-state index contributed by atoms with van der Waals surface area (Å²) in [6.07, 6.45) is 1.05. The van der Waals surface area contributed by atoms with E-state index in [2.05, 4.69) is 26.6 Å². The Morgan fingerprint density at radius 3 is 2.52 bits per heavy atom. The monoisotopic (exact) mass is 537 g/mol. The fourth-order valence-electron chi connectivity index (χ4n) is 5.80. The van der Waals surface area contributed by atoms with Crippen molar-refractivity contribution in [2.45, 2.75) is 66.1 Å². The highest BCUT2D eigenvalue weighted by molar-refractivity contribution is 9.09. The molecule has 3 heterocycles. The van der Waals surface area contributed by atoms with E-state index < -0.39 is 34.2 Å². The highest BCUT2D eigenvalue weighted by atomic mass is 79.9.